The van der Waals surface area contributed by atoms with Crippen molar-refractivity contribution < 1.29 is 4.42 Å². The molecule has 0 radical (unpaired) electrons. The summed E-state index contributed by atoms with van der Waals surface area (Å²) in [7, 11) is 1.74. The highest BCUT2D eigenvalue weighted by molar-refractivity contribution is 5.72. The minimum absolute atomic E-state index is 0.0211. The third kappa shape index (κ3) is 3.31. The maximum atomic E-state index is 12.5. The Morgan fingerprint density at radius 3 is 2.67 bits per heavy atom. The van der Waals surface area contributed by atoms with E-state index in [1.807, 2.05) is 31.2 Å². The molecule has 0 N–H and O–H groups in total. The lowest BCUT2D eigenvalue weighted by atomic mass is 10.1. The highest BCUT2D eigenvalue weighted by atomic mass is 16.4. The van der Waals surface area contributed by atoms with Gasteiger partial charge in [0, 0.05) is 7.05 Å². The monoisotopic (exact) mass is 366 g/mol. The Labute approximate surface area is 153 Å². The SMILES string of the molecule is Cc1ccc(CCn2nc(Cn3ncc4ncn(C)c4c3=O)oc2=O)cc1. The Hall–Kier alpha value is -3.49. The molecule has 4 rings (SSSR count). The van der Waals surface area contributed by atoms with Gasteiger partial charge in [0.15, 0.2) is 0 Å². The number of benzene rings is 1. The molecule has 0 amide bonds. The molecule has 0 saturated carbocycles. The first-order chi connectivity index (χ1) is 13.0. The highest BCUT2D eigenvalue weighted by Crippen LogP contribution is 2.06. The molecule has 4 aromatic rings. The highest BCUT2D eigenvalue weighted by Gasteiger charge is 2.13. The van der Waals surface area contributed by atoms with Crippen molar-refractivity contribution in [3.63, 3.8) is 0 Å². The van der Waals surface area contributed by atoms with E-state index in [4.69, 9.17) is 4.42 Å². The van der Waals surface area contributed by atoms with Crippen molar-refractivity contribution >= 4 is 11.0 Å². The Morgan fingerprint density at radius 2 is 1.89 bits per heavy atom. The van der Waals surface area contributed by atoms with Gasteiger partial charge in [0.25, 0.3) is 5.56 Å². The predicted octanol–water partition coefficient (Wildman–Crippen LogP) is 0.879. The fourth-order valence-electron chi connectivity index (χ4n) is 2.89. The summed E-state index contributed by atoms with van der Waals surface area (Å²) in [5.41, 5.74) is 2.93. The number of rotatable bonds is 5. The van der Waals surface area contributed by atoms with E-state index in [0.29, 0.717) is 24.0 Å². The van der Waals surface area contributed by atoms with Crippen molar-refractivity contribution in [3.05, 3.63) is 74.7 Å². The zero-order chi connectivity index (χ0) is 19.0. The van der Waals surface area contributed by atoms with Gasteiger partial charge in [0.05, 0.1) is 19.1 Å². The first-order valence-electron chi connectivity index (χ1n) is 8.51. The molecule has 0 spiro atoms. The summed E-state index contributed by atoms with van der Waals surface area (Å²) in [6, 6.07) is 8.10. The Bertz CT molecular complexity index is 1210. The van der Waals surface area contributed by atoms with Crippen molar-refractivity contribution in [3.8, 4) is 0 Å². The molecule has 0 aliphatic heterocycles. The summed E-state index contributed by atoms with van der Waals surface area (Å²) in [5.74, 6) is -0.410. The standard InChI is InChI=1S/C18H18N6O3/c1-12-3-5-13(6-4-12)7-8-23-18(26)27-15(21-23)10-24-17(25)16-14(9-20-24)19-11-22(16)2/h3-6,9,11H,7-8,10H2,1-2H3. The van der Waals surface area contributed by atoms with E-state index >= 15 is 0 Å². The Balaban J connectivity index is 1.54. The number of fused-ring (bicyclic) bond motifs is 1. The lowest BCUT2D eigenvalue weighted by Crippen LogP contribution is -2.24. The van der Waals surface area contributed by atoms with Gasteiger partial charge in [-0.25, -0.2) is 14.5 Å². The van der Waals surface area contributed by atoms with E-state index in [2.05, 4.69) is 15.2 Å². The minimum Gasteiger partial charge on any atom is -0.390 e. The van der Waals surface area contributed by atoms with Crippen LogP contribution in [-0.2, 0) is 26.6 Å². The van der Waals surface area contributed by atoms with E-state index < -0.39 is 5.76 Å². The molecule has 0 unspecified atom stereocenters. The second-order valence-electron chi connectivity index (χ2n) is 6.42. The third-order valence-corrected chi connectivity index (χ3v) is 4.39. The molecule has 3 aromatic heterocycles. The molecule has 27 heavy (non-hydrogen) atoms. The van der Waals surface area contributed by atoms with Gasteiger partial charge < -0.3 is 8.98 Å². The van der Waals surface area contributed by atoms with Crippen LogP contribution in [0.5, 0.6) is 0 Å². The maximum absolute atomic E-state index is 12.5. The molecule has 1 aromatic carbocycles. The molecule has 0 saturated heterocycles. The second-order valence-corrected chi connectivity index (χ2v) is 6.42. The lowest BCUT2D eigenvalue weighted by Gasteiger charge is -2.02. The maximum Gasteiger partial charge on any atom is 0.437 e. The van der Waals surface area contributed by atoms with Gasteiger partial charge in [-0.05, 0) is 18.9 Å². The van der Waals surface area contributed by atoms with Crippen LogP contribution in [0.15, 0.2) is 50.8 Å². The van der Waals surface area contributed by atoms with Crippen molar-refractivity contribution in [2.75, 3.05) is 0 Å². The number of imidazole rings is 1. The topological polar surface area (TPSA) is 101 Å². The molecular formula is C18H18N6O3. The molecule has 0 bridgehead atoms. The van der Waals surface area contributed by atoms with Crippen LogP contribution >= 0.6 is 0 Å². The van der Waals surface area contributed by atoms with Gasteiger partial charge in [-0.1, -0.05) is 29.8 Å². The van der Waals surface area contributed by atoms with E-state index in [-0.39, 0.29) is 18.0 Å². The van der Waals surface area contributed by atoms with Crippen LogP contribution in [0.4, 0.5) is 0 Å². The number of nitrogens with zero attached hydrogens (tertiary/aromatic N) is 6. The quantitative estimate of drug-likeness (QED) is 0.520. The number of hydrogen-bond donors (Lipinski definition) is 0. The van der Waals surface area contributed by atoms with Gasteiger partial charge in [0.2, 0.25) is 5.89 Å². The molecule has 9 nitrogen and oxygen atoms in total. The first kappa shape index (κ1) is 17.0. The zero-order valence-electron chi connectivity index (χ0n) is 15.0. The van der Waals surface area contributed by atoms with Gasteiger partial charge >= 0.3 is 5.76 Å². The van der Waals surface area contributed by atoms with E-state index in [1.54, 1.807) is 17.9 Å². The molecule has 0 fully saturated rings. The number of aromatic nitrogens is 6. The van der Waals surface area contributed by atoms with E-state index in [1.165, 1.54) is 21.1 Å². The predicted molar refractivity (Wildman–Crippen MR) is 97.5 cm³/mol. The summed E-state index contributed by atoms with van der Waals surface area (Å²) in [5, 5.41) is 8.26. The molecular weight excluding hydrogens is 348 g/mol. The smallest absolute Gasteiger partial charge is 0.390 e. The molecule has 0 aliphatic carbocycles. The summed E-state index contributed by atoms with van der Waals surface area (Å²) in [4.78, 5) is 28.7. The fraction of sp³-hybridized carbons (Fsp3) is 0.278. The van der Waals surface area contributed by atoms with Crippen molar-refractivity contribution in [1.29, 1.82) is 0 Å². The molecule has 9 heteroatoms. The van der Waals surface area contributed by atoms with Gasteiger partial charge in [-0.3, -0.25) is 4.79 Å². The van der Waals surface area contributed by atoms with Crippen LogP contribution in [0.3, 0.4) is 0 Å². The average Bonchev–Trinajstić information content (AvgIpc) is 3.20. The van der Waals surface area contributed by atoms with Crippen LogP contribution in [-0.4, -0.2) is 29.1 Å². The third-order valence-electron chi connectivity index (χ3n) is 4.39. The van der Waals surface area contributed by atoms with Crippen LogP contribution < -0.4 is 11.3 Å². The minimum atomic E-state index is -0.549. The lowest BCUT2D eigenvalue weighted by molar-refractivity contribution is 0.425. The average molecular weight is 366 g/mol. The summed E-state index contributed by atoms with van der Waals surface area (Å²) in [6.45, 7) is 2.40. The van der Waals surface area contributed by atoms with E-state index in [9.17, 15) is 9.59 Å². The molecule has 3 heterocycles. The van der Waals surface area contributed by atoms with Crippen LogP contribution in [0.25, 0.3) is 11.0 Å². The summed E-state index contributed by atoms with van der Waals surface area (Å²) >= 11 is 0. The van der Waals surface area contributed by atoms with Crippen molar-refractivity contribution in [2.24, 2.45) is 7.05 Å². The van der Waals surface area contributed by atoms with Gasteiger partial charge in [0.1, 0.15) is 17.6 Å². The van der Waals surface area contributed by atoms with Gasteiger partial charge in [-0.15, -0.1) is 5.10 Å². The summed E-state index contributed by atoms with van der Waals surface area (Å²) in [6.07, 6.45) is 3.71. The molecule has 0 aliphatic rings. The first-order valence-corrected chi connectivity index (χ1v) is 8.51. The molecule has 0 atom stereocenters. The van der Waals surface area contributed by atoms with Crippen LogP contribution in [0.2, 0.25) is 0 Å². The Kier molecular flexibility index (Phi) is 4.19. The summed E-state index contributed by atoms with van der Waals surface area (Å²) < 4.78 is 9.28. The van der Waals surface area contributed by atoms with Gasteiger partial charge in [-0.2, -0.15) is 9.78 Å². The number of aryl methyl sites for hydroxylation is 4. The molecule has 138 valence electrons. The fourth-order valence-corrected chi connectivity index (χ4v) is 2.89. The van der Waals surface area contributed by atoms with Crippen LogP contribution in [0.1, 0.15) is 17.0 Å². The number of hydrogen-bond acceptors (Lipinski definition) is 6. The van der Waals surface area contributed by atoms with Crippen molar-refractivity contribution in [1.82, 2.24) is 29.1 Å². The zero-order valence-corrected chi connectivity index (χ0v) is 15.0. The Morgan fingerprint density at radius 1 is 1.11 bits per heavy atom. The largest absolute Gasteiger partial charge is 0.437 e. The second kappa shape index (κ2) is 6.67. The van der Waals surface area contributed by atoms with Crippen molar-refractivity contribution in [2.45, 2.75) is 26.4 Å². The normalized spacial score (nSPS) is 11.3. The van der Waals surface area contributed by atoms with E-state index in [0.717, 1.165) is 5.56 Å². The van der Waals surface area contributed by atoms with Crippen LogP contribution in [0, 0.1) is 6.92 Å².